The lowest BCUT2D eigenvalue weighted by molar-refractivity contribution is -0.117. The Morgan fingerprint density at radius 1 is 1.44 bits per heavy atom. The number of Topliss-reactive ketones (excluding diaryl/α,β-unsaturated/α-hetero) is 1. The van der Waals surface area contributed by atoms with Gasteiger partial charge >= 0.3 is 6.09 Å². The number of carbonyl (C=O) groups excluding carboxylic acids is 2. The first-order chi connectivity index (χ1) is 8.26. The number of thiazole rings is 1. The molecule has 18 heavy (non-hydrogen) atoms. The van der Waals surface area contributed by atoms with Gasteiger partial charge in [0.15, 0.2) is 5.78 Å². The molecule has 1 amide bonds. The minimum absolute atomic E-state index is 0.0342. The molecule has 0 aliphatic heterocycles. The Morgan fingerprint density at radius 2 is 2.11 bits per heavy atom. The van der Waals surface area contributed by atoms with E-state index in [1.54, 1.807) is 27.0 Å². The summed E-state index contributed by atoms with van der Waals surface area (Å²) in [5, 5.41) is 3.20. The van der Waals surface area contributed by atoms with Gasteiger partial charge in [0.1, 0.15) is 10.6 Å². The van der Waals surface area contributed by atoms with E-state index in [1.165, 1.54) is 11.3 Å². The van der Waals surface area contributed by atoms with Crippen LogP contribution in [0.15, 0.2) is 6.20 Å². The van der Waals surface area contributed by atoms with E-state index >= 15 is 0 Å². The summed E-state index contributed by atoms with van der Waals surface area (Å²) >= 11 is 1.48. The van der Waals surface area contributed by atoms with Gasteiger partial charge in [0.2, 0.25) is 0 Å². The van der Waals surface area contributed by atoms with Crippen molar-refractivity contribution in [2.45, 2.75) is 39.7 Å². The molecule has 0 aliphatic carbocycles. The van der Waals surface area contributed by atoms with Gasteiger partial charge < -0.3 is 10.1 Å². The highest BCUT2D eigenvalue weighted by Gasteiger charge is 2.16. The van der Waals surface area contributed by atoms with Crippen molar-refractivity contribution in [3.05, 3.63) is 16.1 Å². The number of amides is 1. The number of rotatable bonds is 4. The zero-order chi connectivity index (χ0) is 13.8. The minimum atomic E-state index is -0.578. The number of nitrogens with zero attached hydrogens (tertiary/aromatic N) is 1. The summed E-state index contributed by atoms with van der Waals surface area (Å²) in [5.74, 6) is -0.0878. The lowest BCUT2D eigenvalue weighted by Crippen LogP contribution is -2.35. The molecule has 1 aromatic heterocycles. The first-order valence-corrected chi connectivity index (χ1v) is 6.48. The fourth-order valence-electron chi connectivity index (χ4n) is 1.20. The number of ether oxygens (including phenoxy) is 1. The van der Waals surface area contributed by atoms with Crippen molar-refractivity contribution in [2.24, 2.45) is 0 Å². The molecule has 1 N–H and O–H groups in total. The zero-order valence-electron chi connectivity index (χ0n) is 11.1. The van der Waals surface area contributed by atoms with Crippen LogP contribution in [0, 0.1) is 6.92 Å². The van der Waals surface area contributed by atoms with Crippen LogP contribution in [0.3, 0.4) is 0 Å². The molecule has 0 saturated heterocycles. The Kier molecular flexibility index (Phi) is 4.84. The van der Waals surface area contributed by atoms with E-state index in [1.807, 2.05) is 6.92 Å². The predicted molar refractivity (Wildman–Crippen MR) is 69.8 cm³/mol. The number of alkyl carbamates (subject to hydrolysis) is 1. The third kappa shape index (κ3) is 5.77. The Hall–Kier alpha value is -1.43. The van der Waals surface area contributed by atoms with Gasteiger partial charge in [-0.3, -0.25) is 4.79 Å². The van der Waals surface area contributed by atoms with E-state index in [0.29, 0.717) is 0 Å². The van der Waals surface area contributed by atoms with Crippen molar-refractivity contribution in [2.75, 3.05) is 6.54 Å². The molecule has 1 heterocycles. The molecule has 1 aromatic rings. The number of carbonyl (C=O) groups is 2. The largest absolute Gasteiger partial charge is 0.444 e. The molecular weight excluding hydrogens is 252 g/mol. The Bertz CT molecular complexity index is 435. The standard InChI is InChI=1S/C12H18N2O3S/c1-8-6-13-10(18-8)5-9(15)7-14-11(16)17-12(2,3)4/h6H,5,7H2,1-4H3,(H,14,16). The van der Waals surface area contributed by atoms with Gasteiger partial charge in [0.25, 0.3) is 0 Å². The highest BCUT2D eigenvalue weighted by molar-refractivity contribution is 7.11. The van der Waals surface area contributed by atoms with E-state index in [9.17, 15) is 9.59 Å². The summed E-state index contributed by atoms with van der Waals surface area (Å²) < 4.78 is 5.03. The van der Waals surface area contributed by atoms with Gasteiger partial charge in [-0.1, -0.05) is 0 Å². The SMILES string of the molecule is Cc1cnc(CC(=O)CNC(=O)OC(C)(C)C)s1. The molecule has 0 spiro atoms. The predicted octanol–water partition coefficient (Wildman–Crippen LogP) is 2.09. The Labute approximate surface area is 111 Å². The first-order valence-electron chi connectivity index (χ1n) is 5.66. The van der Waals surface area contributed by atoms with Crippen molar-refractivity contribution >= 4 is 23.2 Å². The van der Waals surface area contributed by atoms with Crippen molar-refractivity contribution < 1.29 is 14.3 Å². The minimum Gasteiger partial charge on any atom is -0.444 e. The van der Waals surface area contributed by atoms with Crippen LogP contribution in [0.2, 0.25) is 0 Å². The molecule has 0 fully saturated rings. The molecule has 5 nitrogen and oxygen atoms in total. The van der Waals surface area contributed by atoms with E-state index in [0.717, 1.165) is 9.88 Å². The monoisotopic (exact) mass is 270 g/mol. The number of aromatic nitrogens is 1. The molecule has 0 radical (unpaired) electrons. The summed E-state index contributed by atoms with van der Waals surface area (Å²) in [5.41, 5.74) is -0.556. The maximum absolute atomic E-state index is 11.6. The number of nitrogens with one attached hydrogen (secondary N) is 1. The van der Waals surface area contributed by atoms with Crippen LogP contribution >= 0.6 is 11.3 Å². The summed E-state index contributed by atoms with van der Waals surface area (Å²) in [6, 6.07) is 0. The van der Waals surface area contributed by atoms with Crippen LogP contribution in [0.1, 0.15) is 30.7 Å². The van der Waals surface area contributed by atoms with Crippen LogP contribution in [0.5, 0.6) is 0 Å². The normalized spacial score (nSPS) is 11.1. The van der Waals surface area contributed by atoms with Gasteiger partial charge in [0.05, 0.1) is 13.0 Å². The maximum atomic E-state index is 11.6. The van der Waals surface area contributed by atoms with Crippen molar-refractivity contribution in [1.29, 1.82) is 0 Å². The van der Waals surface area contributed by atoms with Crippen molar-refractivity contribution in [3.8, 4) is 0 Å². The molecule has 0 saturated carbocycles. The van der Waals surface area contributed by atoms with Crippen LogP contribution in [0.4, 0.5) is 4.79 Å². The van der Waals surface area contributed by atoms with Crippen molar-refractivity contribution in [1.82, 2.24) is 10.3 Å². The molecule has 0 bridgehead atoms. The van der Waals surface area contributed by atoms with E-state index in [-0.39, 0.29) is 18.7 Å². The average molecular weight is 270 g/mol. The van der Waals surface area contributed by atoms with Gasteiger partial charge in [-0.05, 0) is 27.7 Å². The number of hydrogen-bond donors (Lipinski definition) is 1. The Morgan fingerprint density at radius 3 is 2.61 bits per heavy atom. The maximum Gasteiger partial charge on any atom is 0.408 e. The Balaban J connectivity index is 2.31. The smallest absolute Gasteiger partial charge is 0.408 e. The molecule has 1 rings (SSSR count). The van der Waals surface area contributed by atoms with Gasteiger partial charge in [0, 0.05) is 11.1 Å². The van der Waals surface area contributed by atoms with E-state index in [2.05, 4.69) is 10.3 Å². The quantitative estimate of drug-likeness (QED) is 0.909. The second kappa shape index (κ2) is 5.95. The average Bonchev–Trinajstić information content (AvgIpc) is 2.58. The summed E-state index contributed by atoms with van der Waals surface area (Å²) in [6.45, 7) is 7.21. The molecule has 6 heteroatoms. The fraction of sp³-hybridized carbons (Fsp3) is 0.583. The summed E-state index contributed by atoms with van der Waals surface area (Å²) in [7, 11) is 0. The molecule has 0 aromatic carbocycles. The second-order valence-corrected chi connectivity index (χ2v) is 6.25. The molecule has 0 aliphatic rings. The third-order valence-corrected chi connectivity index (χ3v) is 2.76. The summed E-state index contributed by atoms with van der Waals surface area (Å²) in [4.78, 5) is 28.1. The molecule has 0 atom stereocenters. The first kappa shape index (κ1) is 14.6. The van der Waals surface area contributed by atoms with Crippen LogP contribution in [-0.4, -0.2) is 29.0 Å². The molecular formula is C12H18N2O3S. The van der Waals surface area contributed by atoms with Gasteiger partial charge in [-0.15, -0.1) is 11.3 Å². The highest BCUT2D eigenvalue weighted by atomic mass is 32.1. The third-order valence-electron chi connectivity index (χ3n) is 1.85. The second-order valence-electron chi connectivity index (χ2n) is 4.94. The lowest BCUT2D eigenvalue weighted by Gasteiger charge is -2.19. The fourth-order valence-corrected chi connectivity index (χ4v) is 2.01. The molecule has 100 valence electrons. The zero-order valence-corrected chi connectivity index (χ0v) is 11.9. The molecule has 0 unspecified atom stereocenters. The van der Waals surface area contributed by atoms with Crippen molar-refractivity contribution in [3.63, 3.8) is 0 Å². The van der Waals surface area contributed by atoms with E-state index in [4.69, 9.17) is 4.74 Å². The lowest BCUT2D eigenvalue weighted by atomic mass is 10.2. The highest BCUT2D eigenvalue weighted by Crippen LogP contribution is 2.11. The number of aryl methyl sites for hydroxylation is 1. The van der Waals surface area contributed by atoms with Gasteiger partial charge in [-0.25, -0.2) is 9.78 Å². The van der Waals surface area contributed by atoms with Crippen LogP contribution in [0.25, 0.3) is 0 Å². The van der Waals surface area contributed by atoms with Crippen LogP contribution in [-0.2, 0) is 16.0 Å². The summed E-state index contributed by atoms with van der Waals surface area (Å²) in [6.07, 6.45) is 1.40. The number of ketones is 1. The van der Waals surface area contributed by atoms with Gasteiger partial charge in [-0.2, -0.15) is 0 Å². The van der Waals surface area contributed by atoms with E-state index < -0.39 is 11.7 Å². The topological polar surface area (TPSA) is 68.3 Å². The number of hydrogen-bond acceptors (Lipinski definition) is 5. The van der Waals surface area contributed by atoms with Crippen LogP contribution < -0.4 is 5.32 Å².